The molecule has 3 rings (SSSR count). The Labute approximate surface area is 191 Å². The minimum Gasteiger partial charge on any atom is -0.480 e. The quantitative estimate of drug-likeness (QED) is 0.491. The monoisotopic (exact) mass is 450 g/mol. The van der Waals surface area contributed by atoms with Crippen LogP contribution >= 0.6 is 11.6 Å². The van der Waals surface area contributed by atoms with Gasteiger partial charge in [0, 0.05) is 18.3 Å². The number of ketones is 1. The van der Waals surface area contributed by atoms with Gasteiger partial charge in [0.25, 0.3) is 5.91 Å². The van der Waals surface area contributed by atoms with Gasteiger partial charge in [-0.05, 0) is 43.7 Å². The molecule has 0 unspecified atom stereocenters. The molecule has 0 aliphatic rings. The van der Waals surface area contributed by atoms with E-state index < -0.39 is 17.9 Å². The molecule has 0 fully saturated rings. The lowest BCUT2D eigenvalue weighted by Gasteiger charge is -2.11. The van der Waals surface area contributed by atoms with Crippen molar-refractivity contribution in [2.24, 2.45) is 0 Å². The van der Waals surface area contributed by atoms with E-state index in [9.17, 15) is 14.4 Å². The molecule has 6 nitrogen and oxygen atoms in total. The number of aromatic nitrogens is 1. The number of aliphatic carboxylic acids is 1. The average molecular weight is 451 g/mol. The van der Waals surface area contributed by atoms with Crippen molar-refractivity contribution in [2.75, 3.05) is 0 Å². The van der Waals surface area contributed by atoms with Crippen molar-refractivity contribution in [1.29, 1.82) is 0 Å². The third kappa shape index (κ3) is 5.53. The zero-order valence-corrected chi connectivity index (χ0v) is 18.5. The van der Waals surface area contributed by atoms with Crippen LogP contribution in [0.15, 0.2) is 66.9 Å². The second-order valence-corrected chi connectivity index (χ2v) is 7.82. The van der Waals surface area contributed by atoms with Gasteiger partial charge in [-0.25, -0.2) is 0 Å². The van der Waals surface area contributed by atoms with Gasteiger partial charge in [0.2, 0.25) is 5.78 Å². The van der Waals surface area contributed by atoms with Crippen molar-refractivity contribution in [3.05, 3.63) is 99.8 Å². The number of nitrogens with one attached hydrogen (secondary N) is 1. The number of carboxylic acids is 1. The third-order valence-corrected chi connectivity index (χ3v) is 5.27. The van der Waals surface area contributed by atoms with Crippen molar-refractivity contribution in [1.82, 2.24) is 9.88 Å². The predicted molar refractivity (Wildman–Crippen MR) is 124 cm³/mol. The fourth-order valence-corrected chi connectivity index (χ4v) is 3.29. The van der Waals surface area contributed by atoms with E-state index in [4.69, 9.17) is 16.7 Å². The first kappa shape index (κ1) is 23.0. The molecule has 1 amide bonds. The Kier molecular flexibility index (Phi) is 7.28. The summed E-state index contributed by atoms with van der Waals surface area (Å²) in [6.07, 6.45) is 5.52. The van der Waals surface area contributed by atoms with Crippen molar-refractivity contribution < 1.29 is 19.5 Å². The van der Waals surface area contributed by atoms with Gasteiger partial charge in [-0.1, -0.05) is 59.6 Å². The first-order chi connectivity index (χ1) is 15.3. The molecule has 3 aromatic rings. The van der Waals surface area contributed by atoms with Gasteiger partial charge in [0.15, 0.2) is 0 Å². The fourth-order valence-electron chi connectivity index (χ4n) is 3.09. The number of hydrogen-bond acceptors (Lipinski definition) is 3. The Morgan fingerprint density at radius 2 is 1.84 bits per heavy atom. The van der Waals surface area contributed by atoms with E-state index in [1.807, 2.05) is 60.2 Å². The molecule has 1 aromatic heterocycles. The number of aryl methyl sites for hydroxylation is 1. The summed E-state index contributed by atoms with van der Waals surface area (Å²) in [6.45, 7) is 3.81. The summed E-state index contributed by atoms with van der Waals surface area (Å²) in [5, 5.41) is 11.6. The van der Waals surface area contributed by atoms with Crippen molar-refractivity contribution in [3.63, 3.8) is 0 Å². The highest BCUT2D eigenvalue weighted by molar-refractivity contribution is 6.34. The maximum atomic E-state index is 12.8. The van der Waals surface area contributed by atoms with Crippen LogP contribution in [-0.4, -0.2) is 33.4 Å². The van der Waals surface area contributed by atoms with Gasteiger partial charge >= 0.3 is 5.97 Å². The van der Waals surface area contributed by atoms with E-state index in [-0.39, 0.29) is 16.4 Å². The van der Waals surface area contributed by atoms with E-state index in [0.29, 0.717) is 17.8 Å². The smallest absolute Gasteiger partial charge is 0.325 e. The van der Waals surface area contributed by atoms with Crippen LogP contribution in [0.25, 0.3) is 6.08 Å². The maximum absolute atomic E-state index is 12.8. The van der Waals surface area contributed by atoms with Gasteiger partial charge in [-0.15, -0.1) is 0 Å². The summed E-state index contributed by atoms with van der Waals surface area (Å²) in [7, 11) is 0. The number of benzene rings is 2. The van der Waals surface area contributed by atoms with Gasteiger partial charge in [0.1, 0.15) is 6.04 Å². The highest BCUT2D eigenvalue weighted by Crippen LogP contribution is 2.19. The molecule has 0 radical (unpaired) electrons. The minimum atomic E-state index is -1.13. The standard InChI is InChI=1S/C25H23ClN2O4/c1-16-7-10-19(11-8-16)23(29)22-6-4-14-28(22)13-3-5-18-9-12-21(26)20(15-18)24(30)27-17(2)25(31)32/h3-12,14-15,17H,13H2,1-2H3,(H,27,30)(H,31,32)/b5-3+/t17-/m0/s1. The highest BCUT2D eigenvalue weighted by Gasteiger charge is 2.17. The van der Waals surface area contributed by atoms with Crippen LogP contribution in [0.2, 0.25) is 5.02 Å². The highest BCUT2D eigenvalue weighted by atomic mass is 35.5. The average Bonchev–Trinajstić information content (AvgIpc) is 3.23. The maximum Gasteiger partial charge on any atom is 0.325 e. The van der Waals surface area contributed by atoms with Gasteiger partial charge in [-0.2, -0.15) is 0 Å². The molecule has 1 atom stereocenters. The zero-order valence-electron chi connectivity index (χ0n) is 17.7. The van der Waals surface area contributed by atoms with E-state index in [0.717, 1.165) is 11.1 Å². The summed E-state index contributed by atoms with van der Waals surface area (Å²) < 4.78 is 1.84. The topological polar surface area (TPSA) is 88.4 Å². The van der Waals surface area contributed by atoms with Crippen LogP contribution in [0.5, 0.6) is 0 Å². The Morgan fingerprint density at radius 3 is 2.53 bits per heavy atom. The second-order valence-electron chi connectivity index (χ2n) is 7.42. The van der Waals surface area contributed by atoms with Crippen molar-refractivity contribution in [2.45, 2.75) is 26.4 Å². The molecule has 164 valence electrons. The number of carbonyl (C=O) groups is 3. The lowest BCUT2D eigenvalue weighted by atomic mass is 10.1. The minimum absolute atomic E-state index is 0.0543. The molecule has 0 saturated heterocycles. The number of allylic oxidation sites excluding steroid dienone is 1. The molecule has 32 heavy (non-hydrogen) atoms. The zero-order chi connectivity index (χ0) is 23.3. The summed E-state index contributed by atoms with van der Waals surface area (Å²) in [5.41, 5.74) is 3.22. The molecule has 7 heteroatoms. The summed E-state index contributed by atoms with van der Waals surface area (Å²) in [6, 6.07) is 15.0. The molecular formula is C25H23ClN2O4. The predicted octanol–water partition coefficient (Wildman–Crippen LogP) is 4.60. The lowest BCUT2D eigenvalue weighted by molar-refractivity contribution is -0.138. The van der Waals surface area contributed by atoms with E-state index >= 15 is 0 Å². The lowest BCUT2D eigenvalue weighted by Crippen LogP contribution is -2.38. The number of hydrogen-bond donors (Lipinski definition) is 2. The number of nitrogens with zero attached hydrogens (tertiary/aromatic N) is 1. The number of carbonyl (C=O) groups excluding carboxylic acids is 2. The van der Waals surface area contributed by atoms with Crippen LogP contribution in [0.3, 0.4) is 0 Å². The van der Waals surface area contributed by atoms with Crippen LogP contribution in [0.4, 0.5) is 0 Å². The first-order valence-electron chi connectivity index (χ1n) is 10.0. The fraction of sp³-hybridized carbons (Fsp3) is 0.160. The summed E-state index contributed by atoms with van der Waals surface area (Å²) >= 11 is 6.12. The number of rotatable bonds is 8. The van der Waals surface area contributed by atoms with E-state index in [1.54, 1.807) is 24.3 Å². The molecule has 1 heterocycles. The largest absolute Gasteiger partial charge is 0.480 e. The Balaban J connectivity index is 1.73. The Bertz CT molecular complexity index is 1180. The van der Waals surface area contributed by atoms with Crippen molar-refractivity contribution >= 4 is 35.3 Å². The third-order valence-electron chi connectivity index (χ3n) is 4.94. The number of amides is 1. The molecule has 0 aliphatic carbocycles. The Hall–Kier alpha value is -3.64. The number of halogens is 1. The number of carboxylic acid groups (broad SMARTS) is 1. The molecular weight excluding hydrogens is 428 g/mol. The van der Waals surface area contributed by atoms with E-state index in [1.165, 1.54) is 6.92 Å². The summed E-state index contributed by atoms with van der Waals surface area (Å²) in [4.78, 5) is 36.1. The molecule has 2 aromatic carbocycles. The van der Waals surface area contributed by atoms with Crippen LogP contribution in [-0.2, 0) is 11.3 Å². The van der Waals surface area contributed by atoms with Crippen molar-refractivity contribution in [3.8, 4) is 0 Å². The Morgan fingerprint density at radius 1 is 1.12 bits per heavy atom. The molecule has 0 bridgehead atoms. The molecule has 2 N–H and O–H groups in total. The van der Waals surface area contributed by atoms with Crippen LogP contribution < -0.4 is 5.32 Å². The summed E-state index contributed by atoms with van der Waals surface area (Å²) in [5.74, 6) is -1.74. The van der Waals surface area contributed by atoms with E-state index in [2.05, 4.69) is 5.32 Å². The van der Waals surface area contributed by atoms with Gasteiger partial charge < -0.3 is 15.0 Å². The van der Waals surface area contributed by atoms with Gasteiger partial charge in [-0.3, -0.25) is 14.4 Å². The molecule has 0 spiro atoms. The SMILES string of the molecule is Cc1ccc(C(=O)c2cccn2C/C=C/c2ccc(Cl)c(C(=O)N[C@@H](C)C(=O)O)c2)cc1. The normalized spacial score (nSPS) is 12.0. The first-order valence-corrected chi connectivity index (χ1v) is 10.4. The van der Waals surface area contributed by atoms with Crippen LogP contribution in [0, 0.1) is 6.92 Å². The molecule has 0 aliphatic heterocycles. The second kappa shape index (κ2) is 10.1. The molecule has 0 saturated carbocycles. The van der Waals surface area contributed by atoms with Gasteiger partial charge in [0.05, 0.1) is 16.3 Å². The van der Waals surface area contributed by atoms with Crippen LogP contribution in [0.1, 0.15) is 44.5 Å².